The van der Waals surface area contributed by atoms with E-state index >= 15 is 0 Å². The Hall–Kier alpha value is -4.31. The van der Waals surface area contributed by atoms with E-state index in [1.165, 1.54) is 167 Å². The number of allylic oxidation sites excluding steroid dienone is 20. The third-order valence-electron chi connectivity index (χ3n) is 15.2. The van der Waals surface area contributed by atoms with Gasteiger partial charge in [-0.1, -0.05) is 302 Å². The highest BCUT2D eigenvalue weighted by molar-refractivity contribution is 5.71. The average molecular weight is 1210 g/mol. The second-order valence-electron chi connectivity index (χ2n) is 24.8. The minimum Gasteiger partial charge on any atom is -0.477 e. The van der Waals surface area contributed by atoms with Crippen molar-refractivity contribution in [2.45, 2.75) is 309 Å². The molecule has 2 unspecified atom stereocenters. The van der Waals surface area contributed by atoms with Gasteiger partial charge in [0.25, 0.3) is 6.29 Å². The molecule has 0 aliphatic heterocycles. The highest BCUT2D eigenvalue weighted by atomic mass is 16.7. The smallest absolute Gasteiger partial charge is 0.361 e. The Morgan fingerprint density at radius 2 is 0.621 bits per heavy atom. The Balaban J connectivity index is 4.01. The fourth-order valence-electron chi connectivity index (χ4n) is 9.83. The van der Waals surface area contributed by atoms with Gasteiger partial charge in [0, 0.05) is 12.8 Å². The van der Waals surface area contributed by atoms with Crippen LogP contribution in [0.1, 0.15) is 296 Å². The fourth-order valence-corrected chi connectivity index (χ4v) is 9.83. The summed E-state index contributed by atoms with van der Waals surface area (Å²) in [7, 11) is 5.96. The predicted molar refractivity (Wildman–Crippen MR) is 373 cm³/mol. The maximum atomic E-state index is 12.9. The number of nitrogens with zero attached hydrogens (tertiary/aromatic N) is 1. The summed E-state index contributed by atoms with van der Waals surface area (Å²) in [5, 5.41) is 9.73. The van der Waals surface area contributed by atoms with Gasteiger partial charge >= 0.3 is 17.9 Å². The SMILES string of the molecule is CC/C=C\C/C=C\C/C=C\C/C=C\C/C=C\C/C=C\CCCCC(=O)OC(COC(=O)CCCCCCCCCCCCCCCCCCCCCCCCCCCCCC/C=C\C/C=C\C/C=C\C/C=C\CC)COC(OCC[N+](C)(C)C)C(=O)O. The molecule has 0 aromatic rings. The zero-order valence-electron chi connectivity index (χ0n) is 56.9. The second-order valence-corrected chi connectivity index (χ2v) is 24.8. The minimum absolute atomic E-state index is 0.175. The van der Waals surface area contributed by atoms with Gasteiger partial charge in [-0.25, -0.2) is 4.79 Å². The van der Waals surface area contributed by atoms with Crippen molar-refractivity contribution < 1.29 is 42.9 Å². The lowest BCUT2D eigenvalue weighted by atomic mass is 10.0. The molecule has 0 saturated heterocycles. The normalized spacial score (nSPS) is 13.4. The van der Waals surface area contributed by atoms with Crippen molar-refractivity contribution in [1.29, 1.82) is 0 Å². The number of likely N-dealkylation sites (N-methyl/N-ethyl adjacent to an activating group) is 1. The Morgan fingerprint density at radius 3 is 0.943 bits per heavy atom. The van der Waals surface area contributed by atoms with Gasteiger partial charge in [-0.05, 0) is 103 Å². The summed E-state index contributed by atoms with van der Waals surface area (Å²) >= 11 is 0. The van der Waals surface area contributed by atoms with Gasteiger partial charge in [0.1, 0.15) is 13.2 Å². The molecule has 0 aliphatic carbocycles. The molecule has 498 valence electrons. The number of carbonyl (C=O) groups excluding carboxylic acids is 2. The van der Waals surface area contributed by atoms with Crippen LogP contribution in [0.4, 0.5) is 0 Å². The lowest BCUT2D eigenvalue weighted by Gasteiger charge is -2.25. The van der Waals surface area contributed by atoms with Gasteiger partial charge in [-0.2, -0.15) is 0 Å². The third kappa shape index (κ3) is 69.0. The highest BCUT2D eigenvalue weighted by Crippen LogP contribution is 2.18. The van der Waals surface area contributed by atoms with Crippen molar-refractivity contribution in [3.05, 3.63) is 122 Å². The van der Waals surface area contributed by atoms with E-state index in [4.69, 9.17) is 18.9 Å². The van der Waals surface area contributed by atoms with Gasteiger partial charge in [-0.15, -0.1) is 0 Å². The van der Waals surface area contributed by atoms with Crippen LogP contribution in [0, 0.1) is 0 Å². The molecule has 1 N–H and O–H groups in total. The molecule has 0 radical (unpaired) electrons. The number of aliphatic carboxylic acids is 1. The summed E-state index contributed by atoms with van der Waals surface area (Å²) in [5.41, 5.74) is 0. The van der Waals surface area contributed by atoms with E-state index in [0.29, 0.717) is 23.9 Å². The molecule has 0 heterocycles. The van der Waals surface area contributed by atoms with Crippen LogP contribution in [0.2, 0.25) is 0 Å². The average Bonchev–Trinajstić information content (AvgIpc) is 3.57. The topological polar surface area (TPSA) is 108 Å². The van der Waals surface area contributed by atoms with E-state index in [1.807, 2.05) is 21.1 Å². The molecule has 2 atom stereocenters. The maximum absolute atomic E-state index is 12.9. The number of esters is 2. The van der Waals surface area contributed by atoms with E-state index in [2.05, 4.69) is 135 Å². The molecule has 9 nitrogen and oxygen atoms in total. The van der Waals surface area contributed by atoms with Crippen molar-refractivity contribution in [2.24, 2.45) is 0 Å². The van der Waals surface area contributed by atoms with E-state index < -0.39 is 24.3 Å². The molecule has 0 spiro atoms. The van der Waals surface area contributed by atoms with Crippen LogP contribution in [0.3, 0.4) is 0 Å². The number of unbranched alkanes of at least 4 members (excludes halogenated alkanes) is 30. The van der Waals surface area contributed by atoms with Crippen LogP contribution < -0.4 is 0 Å². The third-order valence-corrected chi connectivity index (χ3v) is 15.2. The predicted octanol–water partition coefficient (Wildman–Crippen LogP) is 22.4. The standard InChI is InChI=1S/C78H133NO8/c1-6-8-10-12-14-16-18-20-22-24-26-28-29-30-31-32-33-34-35-36-37-38-39-40-41-42-43-44-45-46-47-49-50-52-54-56-58-60-62-64-66-68-75(80)85-72-74(73-86-78(77(82)83)84-71-70-79(3,4)5)87-76(81)69-67-65-63-61-59-57-55-53-51-48-27-25-23-21-19-17-15-13-11-9-7-2/h8-11,14-17,20-23,26-28,48,53,55,59,61,74,78H,6-7,12-13,18-19,24-25,29-47,49-52,54,56-58,60,62-73H2,1-5H3/p+1/b10-8-,11-9-,16-14-,17-15-,22-20-,23-21-,28-26-,48-27-,55-53-,61-59-. The number of ether oxygens (including phenoxy) is 4. The molecular formula is C78H134NO8+. The molecule has 0 fully saturated rings. The molecule has 0 rings (SSSR count). The maximum Gasteiger partial charge on any atom is 0.361 e. The molecule has 0 amide bonds. The molecule has 87 heavy (non-hydrogen) atoms. The summed E-state index contributed by atoms with van der Waals surface area (Å²) < 4.78 is 22.9. The lowest BCUT2D eigenvalue weighted by Crippen LogP contribution is -2.40. The number of carboxylic acid groups (broad SMARTS) is 1. The summed E-state index contributed by atoms with van der Waals surface area (Å²) in [6.45, 7) is 4.61. The van der Waals surface area contributed by atoms with Crippen LogP contribution in [0.5, 0.6) is 0 Å². The van der Waals surface area contributed by atoms with Crippen LogP contribution in [0.25, 0.3) is 0 Å². The Morgan fingerprint density at radius 1 is 0.345 bits per heavy atom. The number of hydrogen-bond donors (Lipinski definition) is 1. The van der Waals surface area contributed by atoms with Gasteiger partial charge in [-0.3, -0.25) is 9.59 Å². The molecule has 0 bridgehead atoms. The number of rotatable bonds is 65. The Bertz CT molecular complexity index is 1840. The van der Waals surface area contributed by atoms with Gasteiger partial charge in [0.15, 0.2) is 6.10 Å². The van der Waals surface area contributed by atoms with Crippen molar-refractivity contribution in [3.63, 3.8) is 0 Å². The molecule has 0 aromatic heterocycles. The fraction of sp³-hybridized carbons (Fsp3) is 0.705. The van der Waals surface area contributed by atoms with Crippen LogP contribution in [-0.2, 0) is 33.3 Å². The van der Waals surface area contributed by atoms with Gasteiger partial charge < -0.3 is 28.5 Å². The van der Waals surface area contributed by atoms with Crippen molar-refractivity contribution in [1.82, 2.24) is 0 Å². The first-order valence-corrected chi connectivity index (χ1v) is 35.7. The molecule has 0 aromatic carbocycles. The first-order valence-electron chi connectivity index (χ1n) is 35.7. The summed E-state index contributed by atoms with van der Waals surface area (Å²) in [6.07, 6.45) is 93.5. The van der Waals surface area contributed by atoms with E-state index in [-0.39, 0.29) is 32.2 Å². The van der Waals surface area contributed by atoms with E-state index in [0.717, 1.165) is 96.3 Å². The highest BCUT2D eigenvalue weighted by Gasteiger charge is 2.25. The monoisotopic (exact) mass is 1210 g/mol. The van der Waals surface area contributed by atoms with E-state index in [9.17, 15) is 19.5 Å². The van der Waals surface area contributed by atoms with Crippen LogP contribution in [0.15, 0.2) is 122 Å². The lowest BCUT2D eigenvalue weighted by molar-refractivity contribution is -0.870. The molecule has 0 aliphatic rings. The summed E-state index contributed by atoms with van der Waals surface area (Å²) in [4.78, 5) is 37.6. The van der Waals surface area contributed by atoms with E-state index in [1.54, 1.807) is 0 Å². The second kappa shape index (κ2) is 67.6. The van der Waals surface area contributed by atoms with Gasteiger partial charge in [0.2, 0.25) is 0 Å². The molecule has 9 heteroatoms. The number of quaternary nitrogens is 1. The van der Waals surface area contributed by atoms with Crippen molar-refractivity contribution in [2.75, 3.05) is 47.5 Å². The number of carbonyl (C=O) groups is 3. The number of carboxylic acids is 1. The summed E-state index contributed by atoms with van der Waals surface area (Å²) in [5.74, 6) is -2.06. The molecule has 0 saturated carbocycles. The first-order chi connectivity index (χ1) is 42.6. The zero-order valence-corrected chi connectivity index (χ0v) is 56.9. The van der Waals surface area contributed by atoms with Crippen LogP contribution >= 0.6 is 0 Å². The number of hydrogen-bond acceptors (Lipinski definition) is 7. The summed E-state index contributed by atoms with van der Waals surface area (Å²) in [6, 6.07) is 0. The van der Waals surface area contributed by atoms with Crippen LogP contribution in [-0.4, -0.2) is 87.4 Å². The quantitative estimate of drug-likeness (QED) is 0.0211. The largest absolute Gasteiger partial charge is 0.477 e. The zero-order chi connectivity index (χ0) is 63.3. The van der Waals surface area contributed by atoms with Crippen molar-refractivity contribution >= 4 is 17.9 Å². The molecular weight excluding hydrogens is 1080 g/mol. The van der Waals surface area contributed by atoms with Gasteiger partial charge in [0.05, 0.1) is 34.4 Å². The Labute approximate surface area is 536 Å². The Kier molecular flexibility index (Phi) is 64.3. The first kappa shape index (κ1) is 82.7. The van der Waals surface area contributed by atoms with Crippen molar-refractivity contribution in [3.8, 4) is 0 Å². The minimum atomic E-state index is -1.53.